The maximum atomic E-state index is 5.08. The van der Waals surface area contributed by atoms with Gasteiger partial charge in [0.2, 0.25) is 0 Å². The number of nitrogens with two attached hydrogens (primary N) is 1. The summed E-state index contributed by atoms with van der Waals surface area (Å²) in [5, 5.41) is 2.89. The molecule has 12 heavy (non-hydrogen) atoms. The summed E-state index contributed by atoms with van der Waals surface area (Å²) in [5.74, 6) is 0. The van der Waals surface area contributed by atoms with Crippen LogP contribution in [0.3, 0.4) is 0 Å². The van der Waals surface area contributed by atoms with Crippen molar-refractivity contribution < 1.29 is 13.3 Å². The van der Waals surface area contributed by atoms with Gasteiger partial charge in [0, 0.05) is 34.4 Å². The van der Waals surface area contributed by atoms with Crippen molar-refractivity contribution in [3.63, 3.8) is 0 Å². The fraction of sp³-hybridized carbons (Fsp3) is 1.00. The molecular weight excluding hydrogens is 176 g/mol. The fourth-order valence-corrected chi connectivity index (χ4v) is 1.01. The molecule has 0 unspecified atom stereocenters. The largest absolute Gasteiger partial charge is 0.483 e. The Hall–Kier alpha value is 0.0169. The van der Waals surface area contributed by atoms with Crippen molar-refractivity contribution >= 4 is 9.53 Å². The Kier molecular flexibility index (Phi) is 16.5. The second kappa shape index (κ2) is 13.6. The van der Waals surface area contributed by atoms with E-state index in [9.17, 15) is 0 Å². The lowest BCUT2D eigenvalue weighted by molar-refractivity contribution is 0.163. The van der Waals surface area contributed by atoms with Crippen LogP contribution in [0.15, 0.2) is 0 Å². The minimum atomic E-state index is -1.67. The molecule has 0 radical (unpaired) electrons. The molecule has 0 aromatic carbocycles. The Labute approximate surface area is 76.1 Å². The second-order valence-electron chi connectivity index (χ2n) is 1.89. The molecule has 0 aromatic rings. The Morgan fingerprint density at radius 1 is 1.17 bits per heavy atom. The minimum Gasteiger partial charge on any atom is -0.379 e. The summed E-state index contributed by atoms with van der Waals surface area (Å²) in [7, 11) is 4.93. The lowest BCUT2D eigenvalue weighted by atomic mass is 10.7. The number of nitrogens with one attached hydrogen (secondary N) is 1. The topological polar surface area (TPSA) is 65.7 Å². The molecule has 6 heteroatoms. The summed E-state index contributed by atoms with van der Waals surface area (Å²) >= 11 is 0. The Bertz CT molecular complexity index is 66.3. The molecule has 0 bridgehead atoms. The summed E-state index contributed by atoms with van der Waals surface area (Å²) in [5.41, 5.74) is 5.08. The highest BCUT2D eigenvalue weighted by atomic mass is 28.3. The summed E-state index contributed by atoms with van der Waals surface area (Å²) in [6.07, 6.45) is 0. The van der Waals surface area contributed by atoms with Gasteiger partial charge >= 0.3 is 9.53 Å². The third kappa shape index (κ3) is 12.7. The van der Waals surface area contributed by atoms with Crippen LogP contribution in [0.5, 0.6) is 0 Å². The molecule has 76 valence electrons. The molecule has 3 N–H and O–H groups in total. The van der Waals surface area contributed by atoms with Crippen molar-refractivity contribution in [3.05, 3.63) is 0 Å². The van der Waals surface area contributed by atoms with Gasteiger partial charge in [-0.25, -0.2) is 0 Å². The van der Waals surface area contributed by atoms with Crippen LogP contribution in [0.4, 0.5) is 0 Å². The zero-order chi connectivity index (χ0) is 9.82. The molecule has 5 nitrogen and oxygen atoms in total. The highest BCUT2D eigenvalue weighted by Gasteiger charge is 2.04. The molecule has 0 heterocycles. The van der Waals surface area contributed by atoms with Gasteiger partial charge in [-0.05, 0) is 7.05 Å². The molecule has 0 aromatic heterocycles. The number of rotatable bonds is 5. The van der Waals surface area contributed by atoms with Gasteiger partial charge in [0.25, 0.3) is 0 Å². The molecule has 0 spiro atoms. The molecule has 0 saturated carbocycles. The van der Waals surface area contributed by atoms with Crippen molar-refractivity contribution in [2.24, 2.45) is 5.73 Å². The van der Waals surface area contributed by atoms with E-state index in [4.69, 9.17) is 19.0 Å². The third-order valence-corrected chi connectivity index (χ3v) is 2.13. The standard InChI is InChI=1S/C3H10N2.C3H10O3Si/c1-5-3-2-4;1-4-7(5-2)6-3/h5H,2-4H2,1H3;7H,1-3H3. The summed E-state index contributed by atoms with van der Waals surface area (Å²) in [4.78, 5) is 0. The first-order chi connectivity index (χ1) is 5.76. The summed E-state index contributed by atoms with van der Waals surface area (Å²) < 4.78 is 14.2. The van der Waals surface area contributed by atoms with Crippen molar-refractivity contribution in [1.82, 2.24) is 5.32 Å². The van der Waals surface area contributed by atoms with Crippen LogP contribution >= 0.6 is 0 Å². The zero-order valence-corrected chi connectivity index (χ0v) is 9.45. The van der Waals surface area contributed by atoms with Gasteiger partial charge in [-0.1, -0.05) is 0 Å². The number of likely N-dealkylation sites (N-methyl/N-ethyl adjacent to an activating group) is 1. The highest BCUT2D eigenvalue weighted by Crippen LogP contribution is 1.81. The molecule has 0 atom stereocenters. The van der Waals surface area contributed by atoms with Crippen LogP contribution in [0.25, 0.3) is 0 Å². The van der Waals surface area contributed by atoms with Crippen LogP contribution < -0.4 is 11.1 Å². The van der Waals surface area contributed by atoms with Crippen LogP contribution in [0, 0.1) is 0 Å². The molecule has 0 aliphatic rings. The maximum absolute atomic E-state index is 5.08. The number of hydrogen-bond acceptors (Lipinski definition) is 5. The summed E-state index contributed by atoms with van der Waals surface area (Å²) in [6, 6.07) is 0. The van der Waals surface area contributed by atoms with E-state index in [-0.39, 0.29) is 0 Å². The number of hydrogen-bond donors (Lipinski definition) is 2. The van der Waals surface area contributed by atoms with E-state index in [0.29, 0.717) is 0 Å². The Morgan fingerprint density at radius 2 is 1.58 bits per heavy atom. The Balaban J connectivity index is 0. The maximum Gasteiger partial charge on any atom is 0.483 e. The predicted octanol–water partition coefficient (Wildman–Crippen LogP) is -1.19. The van der Waals surface area contributed by atoms with E-state index in [1.807, 2.05) is 7.05 Å². The molecule has 0 fully saturated rings. The predicted molar refractivity (Wildman–Crippen MR) is 51.2 cm³/mol. The van der Waals surface area contributed by atoms with Gasteiger partial charge in [0.15, 0.2) is 0 Å². The van der Waals surface area contributed by atoms with Gasteiger partial charge in [-0.2, -0.15) is 0 Å². The van der Waals surface area contributed by atoms with Gasteiger partial charge in [0.1, 0.15) is 0 Å². The van der Waals surface area contributed by atoms with Gasteiger partial charge in [-0.15, -0.1) is 0 Å². The molecule has 0 saturated heterocycles. The van der Waals surface area contributed by atoms with Crippen molar-refractivity contribution in [3.8, 4) is 0 Å². The van der Waals surface area contributed by atoms with E-state index in [0.717, 1.165) is 13.1 Å². The lowest BCUT2D eigenvalue weighted by Crippen LogP contribution is -2.21. The lowest BCUT2D eigenvalue weighted by Gasteiger charge is -2.05. The van der Waals surface area contributed by atoms with Crippen LogP contribution in [0.1, 0.15) is 0 Å². The van der Waals surface area contributed by atoms with Crippen LogP contribution in [-0.2, 0) is 13.3 Å². The van der Waals surface area contributed by atoms with Crippen LogP contribution in [-0.4, -0.2) is 51.0 Å². The van der Waals surface area contributed by atoms with Gasteiger partial charge < -0.3 is 24.3 Å². The fourth-order valence-electron chi connectivity index (χ4n) is 0.433. The van der Waals surface area contributed by atoms with Crippen LogP contribution in [0.2, 0.25) is 0 Å². The molecule has 0 aliphatic heterocycles. The zero-order valence-electron chi connectivity index (χ0n) is 8.29. The van der Waals surface area contributed by atoms with E-state index in [1.54, 1.807) is 21.3 Å². The van der Waals surface area contributed by atoms with E-state index in [2.05, 4.69) is 5.32 Å². The van der Waals surface area contributed by atoms with E-state index < -0.39 is 9.53 Å². The smallest absolute Gasteiger partial charge is 0.379 e. The second-order valence-corrected chi connectivity index (χ2v) is 3.88. The normalized spacial score (nSPS) is 9.50. The average molecular weight is 196 g/mol. The minimum absolute atomic E-state index is 0.733. The van der Waals surface area contributed by atoms with E-state index >= 15 is 0 Å². The third-order valence-electron chi connectivity index (χ3n) is 0.972. The average Bonchev–Trinajstić information content (AvgIpc) is 2.10. The van der Waals surface area contributed by atoms with Crippen molar-refractivity contribution in [2.45, 2.75) is 0 Å². The van der Waals surface area contributed by atoms with Crippen molar-refractivity contribution in [1.29, 1.82) is 0 Å². The highest BCUT2D eigenvalue weighted by molar-refractivity contribution is 6.36. The molecule has 0 aliphatic carbocycles. The molecular formula is C6H20N2O3Si. The quantitative estimate of drug-likeness (QED) is 0.541. The first-order valence-corrected chi connectivity index (χ1v) is 5.11. The van der Waals surface area contributed by atoms with Gasteiger partial charge in [0.05, 0.1) is 0 Å². The van der Waals surface area contributed by atoms with Gasteiger partial charge in [-0.3, -0.25) is 0 Å². The summed E-state index contributed by atoms with van der Waals surface area (Å²) in [6.45, 7) is 1.65. The SMILES string of the molecule is CNCCN.CO[SiH](OC)OC. The molecule has 0 rings (SSSR count). The molecule has 0 amide bonds. The van der Waals surface area contributed by atoms with E-state index in [1.165, 1.54) is 0 Å². The monoisotopic (exact) mass is 196 g/mol. The van der Waals surface area contributed by atoms with Crippen molar-refractivity contribution in [2.75, 3.05) is 41.5 Å². The Morgan fingerprint density at radius 3 is 1.58 bits per heavy atom. The first-order valence-electron chi connectivity index (χ1n) is 3.69. The first kappa shape index (κ1) is 14.5.